The van der Waals surface area contributed by atoms with Gasteiger partial charge in [-0.1, -0.05) is 24.9 Å². The molecule has 0 spiro atoms. The van der Waals surface area contributed by atoms with E-state index in [0.717, 1.165) is 62.8 Å². The van der Waals surface area contributed by atoms with Crippen LogP contribution in [0.5, 0.6) is 0 Å². The highest BCUT2D eigenvalue weighted by atomic mass is 127. The SMILES string of the molecule is CN=C(NCC1CCCC(C)C1)N1CCN(Cc2ccon2)CC1.I. The van der Waals surface area contributed by atoms with Gasteiger partial charge in [-0.15, -0.1) is 24.0 Å². The molecule has 7 heteroatoms. The maximum atomic E-state index is 4.91. The molecule has 1 aliphatic heterocycles. The molecular formula is C18H32IN5O. The van der Waals surface area contributed by atoms with Crippen molar-refractivity contribution >= 4 is 29.9 Å². The molecule has 2 aliphatic rings. The van der Waals surface area contributed by atoms with E-state index in [1.165, 1.54) is 25.7 Å². The molecule has 1 saturated carbocycles. The third-order valence-corrected chi connectivity index (χ3v) is 5.35. The standard InChI is InChI=1S/C18H31N5O.HI/c1-15-4-3-5-16(12-15)13-20-18(19-2)23-9-7-22(8-10-23)14-17-6-11-24-21-17;/h6,11,15-16H,3-5,7-10,12-14H2,1-2H3,(H,19,20);1H. The van der Waals surface area contributed by atoms with Crippen LogP contribution in [0, 0.1) is 11.8 Å². The summed E-state index contributed by atoms with van der Waals surface area (Å²) >= 11 is 0. The molecule has 2 atom stereocenters. The molecule has 142 valence electrons. The van der Waals surface area contributed by atoms with Crippen LogP contribution >= 0.6 is 24.0 Å². The molecule has 0 amide bonds. The van der Waals surface area contributed by atoms with Gasteiger partial charge in [-0.05, 0) is 24.7 Å². The molecule has 25 heavy (non-hydrogen) atoms. The second-order valence-corrected chi connectivity index (χ2v) is 7.32. The van der Waals surface area contributed by atoms with E-state index >= 15 is 0 Å². The van der Waals surface area contributed by atoms with Crippen molar-refractivity contribution in [3.8, 4) is 0 Å². The van der Waals surface area contributed by atoms with Crippen molar-refractivity contribution in [1.82, 2.24) is 20.3 Å². The van der Waals surface area contributed by atoms with E-state index < -0.39 is 0 Å². The van der Waals surface area contributed by atoms with Gasteiger partial charge < -0.3 is 14.7 Å². The molecule has 0 bridgehead atoms. The first-order chi connectivity index (χ1) is 11.7. The average Bonchev–Trinajstić information content (AvgIpc) is 3.10. The predicted octanol–water partition coefficient (Wildman–Crippen LogP) is 2.81. The molecule has 1 aromatic heterocycles. The first kappa shape index (κ1) is 20.5. The number of piperazine rings is 1. The van der Waals surface area contributed by atoms with Crippen molar-refractivity contribution < 1.29 is 4.52 Å². The van der Waals surface area contributed by atoms with Gasteiger partial charge >= 0.3 is 0 Å². The highest BCUT2D eigenvalue weighted by Gasteiger charge is 2.22. The van der Waals surface area contributed by atoms with Gasteiger partial charge in [0.15, 0.2) is 5.96 Å². The monoisotopic (exact) mass is 461 g/mol. The molecule has 1 N–H and O–H groups in total. The average molecular weight is 461 g/mol. The van der Waals surface area contributed by atoms with Gasteiger partial charge in [-0.2, -0.15) is 0 Å². The number of rotatable bonds is 4. The Morgan fingerprint density at radius 1 is 1.32 bits per heavy atom. The summed E-state index contributed by atoms with van der Waals surface area (Å²) in [6.45, 7) is 8.42. The zero-order chi connectivity index (χ0) is 16.8. The normalized spacial score (nSPS) is 25.5. The summed E-state index contributed by atoms with van der Waals surface area (Å²) in [4.78, 5) is 9.30. The largest absolute Gasteiger partial charge is 0.364 e. The van der Waals surface area contributed by atoms with E-state index in [4.69, 9.17) is 4.52 Å². The van der Waals surface area contributed by atoms with Gasteiger partial charge in [0.2, 0.25) is 0 Å². The lowest BCUT2D eigenvalue weighted by Crippen LogP contribution is -2.52. The fraction of sp³-hybridized carbons (Fsp3) is 0.778. The summed E-state index contributed by atoms with van der Waals surface area (Å²) in [7, 11) is 1.90. The summed E-state index contributed by atoms with van der Waals surface area (Å²) in [5.74, 6) is 2.75. The second kappa shape index (κ2) is 10.4. The summed E-state index contributed by atoms with van der Waals surface area (Å²) in [6, 6.07) is 1.94. The lowest BCUT2D eigenvalue weighted by atomic mass is 9.82. The van der Waals surface area contributed by atoms with Gasteiger partial charge in [-0.25, -0.2) is 0 Å². The first-order valence-electron chi connectivity index (χ1n) is 9.32. The second-order valence-electron chi connectivity index (χ2n) is 7.32. The molecule has 3 rings (SSSR count). The Hall–Kier alpha value is -0.830. The minimum atomic E-state index is 0. The van der Waals surface area contributed by atoms with Crippen LogP contribution in [-0.2, 0) is 6.54 Å². The summed E-state index contributed by atoms with van der Waals surface area (Å²) in [5, 5.41) is 7.62. The fourth-order valence-electron chi connectivity index (χ4n) is 3.98. The van der Waals surface area contributed by atoms with Crippen LogP contribution in [0.1, 0.15) is 38.3 Å². The zero-order valence-electron chi connectivity index (χ0n) is 15.5. The molecule has 6 nitrogen and oxygen atoms in total. The topological polar surface area (TPSA) is 56.9 Å². The van der Waals surface area contributed by atoms with Crippen molar-refractivity contribution in [1.29, 1.82) is 0 Å². The van der Waals surface area contributed by atoms with Crippen molar-refractivity contribution in [2.24, 2.45) is 16.8 Å². The number of aromatic nitrogens is 1. The van der Waals surface area contributed by atoms with Crippen LogP contribution in [0.15, 0.2) is 21.8 Å². The van der Waals surface area contributed by atoms with Gasteiger partial charge in [0.05, 0.1) is 5.69 Å². The molecule has 0 aromatic carbocycles. The lowest BCUT2D eigenvalue weighted by Gasteiger charge is -2.37. The van der Waals surface area contributed by atoms with Crippen LogP contribution in [0.25, 0.3) is 0 Å². The minimum absolute atomic E-state index is 0. The Bertz CT molecular complexity index is 514. The number of nitrogens with zero attached hydrogens (tertiary/aromatic N) is 4. The van der Waals surface area contributed by atoms with E-state index in [1.54, 1.807) is 6.26 Å². The fourth-order valence-corrected chi connectivity index (χ4v) is 3.98. The number of aliphatic imine (C=N–C) groups is 1. The van der Waals surface area contributed by atoms with E-state index in [-0.39, 0.29) is 24.0 Å². The van der Waals surface area contributed by atoms with Crippen LogP contribution in [0.2, 0.25) is 0 Å². The Morgan fingerprint density at radius 2 is 2.12 bits per heavy atom. The van der Waals surface area contributed by atoms with Crippen molar-refractivity contribution in [3.63, 3.8) is 0 Å². The molecule has 0 radical (unpaired) electrons. The van der Waals surface area contributed by atoms with Crippen molar-refractivity contribution in [2.75, 3.05) is 39.8 Å². The Morgan fingerprint density at radius 3 is 2.76 bits per heavy atom. The molecule has 2 fully saturated rings. The minimum Gasteiger partial charge on any atom is -0.364 e. The summed E-state index contributed by atoms with van der Waals surface area (Å²) in [6.07, 6.45) is 7.14. The smallest absolute Gasteiger partial charge is 0.193 e. The predicted molar refractivity (Wildman–Crippen MR) is 111 cm³/mol. The number of hydrogen-bond acceptors (Lipinski definition) is 4. The first-order valence-corrected chi connectivity index (χ1v) is 9.32. The Labute approximate surface area is 168 Å². The number of guanidine groups is 1. The lowest BCUT2D eigenvalue weighted by molar-refractivity contribution is 0.168. The van der Waals surface area contributed by atoms with E-state index in [1.807, 2.05) is 13.1 Å². The van der Waals surface area contributed by atoms with E-state index in [0.29, 0.717) is 0 Å². The molecule has 2 unspecified atom stereocenters. The maximum Gasteiger partial charge on any atom is 0.193 e. The van der Waals surface area contributed by atoms with Crippen LogP contribution < -0.4 is 5.32 Å². The summed E-state index contributed by atoms with van der Waals surface area (Å²) < 4.78 is 4.91. The Kier molecular flexibility index (Phi) is 8.48. The molecule has 1 aliphatic carbocycles. The molecule has 1 aromatic rings. The number of halogens is 1. The van der Waals surface area contributed by atoms with Crippen LogP contribution in [-0.4, -0.2) is 60.7 Å². The maximum absolute atomic E-state index is 4.91. The Balaban J connectivity index is 0.00000225. The molecule has 1 saturated heterocycles. The molecule has 2 heterocycles. The van der Waals surface area contributed by atoms with E-state index in [2.05, 4.69) is 32.2 Å². The highest BCUT2D eigenvalue weighted by molar-refractivity contribution is 14.0. The zero-order valence-corrected chi connectivity index (χ0v) is 17.8. The van der Waals surface area contributed by atoms with Gasteiger partial charge in [-0.3, -0.25) is 9.89 Å². The number of hydrogen-bond donors (Lipinski definition) is 1. The summed E-state index contributed by atoms with van der Waals surface area (Å²) in [5.41, 5.74) is 1.01. The molecular weight excluding hydrogens is 429 g/mol. The van der Waals surface area contributed by atoms with Crippen molar-refractivity contribution in [3.05, 3.63) is 18.0 Å². The van der Waals surface area contributed by atoms with Gasteiger partial charge in [0.25, 0.3) is 0 Å². The third-order valence-electron chi connectivity index (χ3n) is 5.35. The van der Waals surface area contributed by atoms with Gasteiger partial charge in [0, 0.05) is 52.4 Å². The highest BCUT2D eigenvalue weighted by Crippen LogP contribution is 2.27. The van der Waals surface area contributed by atoms with Crippen LogP contribution in [0.3, 0.4) is 0 Å². The number of nitrogens with one attached hydrogen (secondary N) is 1. The van der Waals surface area contributed by atoms with Crippen molar-refractivity contribution in [2.45, 2.75) is 39.2 Å². The third kappa shape index (κ3) is 6.13. The van der Waals surface area contributed by atoms with Gasteiger partial charge in [0.1, 0.15) is 6.26 Å². The van der Waals surface area contributed by atoms with E-state index in [9.17, 15) is 0 Å². The van der Waals surface area contributed by atoms with Crippen LogP contribution in [0.4, 0.5) is 0 Å². The quantitative estimate of drug-likeness (QED) is 0.425.